The average molecular weight is 270 g/mol. The Hall–Kier alpha value is -0.120. The Kier molecular flexibility index (Phi) is 5.67. The molecule has 0 radical (unpaired) electrons. The largest absolute Gasteiger partial charge is 0.393 e. The van der Waals surface area contributed by atoms with Crippen LogP contribution in [0.5, 0.6) is 0 Å². The highest BCUT2D eigenvalue weighted by atomic mass is 16.7. The molecule has 1 aliphatic carbocycles. The van der Waals surface area contributed by atoms with Gasteiger partial charge in [0, 0.05) is 0 Å². The van der Waals surface area contributed by atoms with Gasteiger partial charge in [-0.25, -0.2) is 0 Å². The molecule has 1 saturated carbocycles. The van der Waals surface area contributed by atoms with Gasteiger partial charge in [0.25, 0.3) is 0 Å². The maximum Gasteiger partial charge on any atom is 0.168 e. The van der Waals surface area contributed by atoms with Crippen molar-refractivity contribution in [3.63, 3.8) is 0 Å². The fourth-order valence-corrected chi connectivity index (χ4v) is 3.48. The zero-order valence-electron chi connectivity index (χ0n) is 12.6. The Bertz CT molecular complexity index is 263. The minimum Gasteiger partial charge on any atom is -0.393 e. The number of hydrogen-bond acceptors (Lipinski definition) is 3. The molecule has 2 aliphatic rings. The van der Waals surface area contributed by atoms with E-state index in [4.69, 9.17) is 9.47 Å². The maximum absolute atomic E-state index is 10.1. The van der Waals surface area contributed by atoms with E-state index in [1.54, 1.807) is 0 Å². The molecule has 1 N–H and O–H groups in total. The first-order valence-corrected chi connectivity index (χ1v) is 8.19. The van der Waals surface area contributed by atoms with Crippen LogP contribution in [0.3, 0.4) is 0 Å². The van der Waals surface area contributed by atoms with Crippen LogP contribution in [0.2, 0.25) is 0 Å². The van der Waals surface area contributed by atoms with Gasteiger partial charge < -0.3 is 14.6 Å². The molecule has 0 aromatic rings. The summed E-state index contributed by atoms with van der Waals surface area (Å²) in [7, 11) is 0. The van der Waals surface area contributed by atoms with Gasteiger partial charge in [-0.3, -0.25) is 0 Å². The second kappa shape index (κ2) is 7.05. The van der Waals surface area contributed by atoms with Gasteiger partial charge in [0.15, 0.2) is 5.79 Å². The van der Waals surface area contributed by atoms with Crippen LogP contribution in [0.25, 0.3) is 0 Å². The summed E-state index contributed by atoms with van der Waals surface area (Å²) >= 11 is 0. The summed E-state index contributed by atoms with van der Waals surface area (Å²) in [5.41, 5.74) is 0. The van der Waals surface area contributed by atoms with Crippen molar-refractivity contribution in [1.82, 2.24) is 0 Å². The van der Waals surface area contributed by atoms with E-state index in [0.29, 0.717) is 5.92 Å². The third-order valence-electron chi connectivity index (χ3n) is 4.97. The van der Waals surface area contributed by atoms with Gasteiger partial charge >= 0.3 is 0 Å². The third kappa shape index (κ3) is 3.93. The first-order valence-electron chi connectivity index (χ1n) is 8.19. The van der Waals surface area contributed by atoms with Gasteiger partial charge in [-0.1, -0.05) is 33.1 Å². The molecule has 3 nitrogen and oxygen atoms in total. The van der Waals surface area contributed by atoms with Crippen molar-refractivity contribution in [1.29, 1.82) is 0 Å². The molecular weight excluding hydrogens is 240 g/mol. The van der Waals surface area contributed by atoms with Crippen molar-refractivity contribution in [2.75, 3.05) is 6.61 Å². The lowest BCUT2D eigenvalue weighted by molar-refractivity contribution is -0.172. The summed E-state index contributed by atoms with van der Waals surface area (Å²) in [6.45, 7) is 4.98. The zero-order chi connectivity index (χ0) is 13.7. The second-order valence-corrected chi connectivity index (χ2v) is 6.21. The molecule has 1 saturated heterocycles. The van der Waals surface area contributed by atoms with Crippen molar-refractivity contribution in [3.8, 4) is 0 Å². The van der Waals surface area contributed by atoms with Gasteiger partial charge in [-0.15, -0.1) is 0 Å². The lowest BCUT2D eigenvalue weighted by Gasteiger charge is -2.26. The number of aliphatic hydroxyl groups is 1. The Labute approximate surface area is 117 Å². The summed E-state index contributed by atoms with van der Waals surface area (Å²) in [5.74, 6) is 0.150. The van der Waals surface area contributed by atoms with E-state index in [1.165, 1.54) is 25.7 Å². The molecule has 1 aliphatic heterocycles. The molecule has 1 heterocycles. The Balaban J connectivity index is 1.76. The van der Waals surface area contributed by atoms with Crippen molar-refractivity contribution in [3.05, 3.63) is 0 Å². The fourth-order valence-electron chi connectivity index (χ4n) is 3.48. The third-order valence-corrected chi connectivity index (χ3v) is 4.97. The van der Waals surface area contributed by atoms with E-state index >= 15 is 0 Å². The van der Waals surface area contributed by atoms with Crippen LogP contribution in [0.15, 0.2) is 0 Å². The zero-order valence-corrected chi connectivity index (χ0v) is 12.6. The van der Waals surface area contributed by atoms with Crippen molar-refractivity contribution >= 4 is 0 Å². The van der Waals surface area contributed by atoms with Crippen LogP contribution in [0, 0.1) is 5.92 Å². The van der Waals surface area contributed by atoms with Crippen LogP contribution >= 0.6 is 0 Å². The monoisotopic (exact) mass is 270 g/mol. The Morgan fingerprint density at radius 2 is 1.79 bits per heavy atom. The van der Waals surface area contributed by atoms with Crippen LogP contribution in [0.1, 0.15) is 71.6 Å². The molecule has 0 bridgehead atoms. The fraction of sp³-hybridized carbons (Fsp3) is 1.00. The van der Waals surface area contributed by atoms with Crippen molar-refractivity contribution in [2.24, 2.45) is 5.92 Å². The normalized spacial score (nSPS) is 35.2. The number of aliphatic hydroxyl groups excluding tert-OH is 1. The summed E-state index contributed by atoms with van der Waals surface area (Å²) in [5, 5.41) is 10.1. The SMILES string of the molecule is CCC1(CC)OCC(CCC2CCCCCC2O)O1. The molecule has 0 aromatic carbocycles. The van der Waals surface area contributed by atoms with Gasteiger partial charge in [-0.05, 0) is 44.4 Å². The average Bonchev–Trinajstić information content (AvgIpc) is 2.75. The Morgan fingerprint density at radius 3 is 2.47 bits per heavy atom. The van der Waals surface area contributed by atoms with Crippen LogP contribution in [-0.4, -0.2) is 29.7 Å². The molecule has 19 heavy (non-hydrogen) atoms. The lowest BCUT2D eigenvalue weighted by Crippen LogP contribution is -2.29. The van der Waals surface area contributed by atoms with E-state index in [2.05, 4.69) is 13.8 Å². The molecule has 2 fully saturated rings. The van der Waals surface area contributed by atoms with E-state index in [9.17, 15) is 5.11 Å². The van der Waals surface area contributed by atoms with Gasteiger partial charge in [0.2, 0.25) is 0 Å². The van der Waals surface area contributed by atoms with E-state index in [0.717, 1.165) is 38.7 Å². The minimum absolute atomic E-state index is 0.0908. The quantitative estimate of drug-likeness (QED) is 0.775. The highest BCUT2D eigenvalue weighted by Gasteiger charge is 2.38. The van der Waals surface area contributed by atoms with Crippen molar-refractivity contribution in [2.45, 2.75) is 89.6 Å². The number of hydrogen-bond donors (Lipinski definition) is 1. The molecule has 0 aromatic heterocycles. The predicted molar refractivity (Wildman–Crippen MR) is 76.0 cm³/mol. The highest BCUT2D eigenvalue weighted by Crippen LogP contribution is 2.34. The number of ether oxygens (including phenoxy) is 2. The highest BCUT2D eigenvalue weighted by molar-refractivity contribution is 4.79. The predicted octanol–water partition coefficient (Wildman–Crippen LogP) is 3.64. The standard InChI is InChI=1S/C16H30O3/c1-3-16(4-2)18-12-14(19-16)11-10-13-8-6-5-7-9-15(13)17/h13-15,17H,3-12H2,1-2H3. The van der Waals surface area contributed by atoms with E-state index in [-0.39, 0.29) is 18.0 Å². The summed E-state index contributed by atoms with van der Waals surface area (Å²) in [6, 6.07) is 0. The smallest absolute Gasteiger partial charge is 0.168 e. The summed E-state index contributed by atoms with van der Waals surface area (Å²) in [4.78, 5) is 0. The molecule has 2 rings (SSSR count). The molecule has 3 atom stereocenters. The van der Waals surface area contributed by atoms with Gasteiger partial charge in [0.1, 0.15) is 0 Å². The first-order chi connectivity index (χ1) is 9.19. The second-order valence-electron chi connectivity index (χ2n) is 6.21. The molecule has 112 valence electrons. The topological polar surface area (TPSA) is 38.7 Å². The molecule has 0 spiro atoms. The first kappa shape index (κ1) is 15.3. The Morgan fingerprint density at radius 1 is 1.05 bits per heavy atom. The molecule has 3 heteroatoms. The van der Waals surface area contributed by atoms with Gasteiger partial charge in [0.05, 0.1) is 18.8 Å². The van der Waals surface area contributed by atoms with Crippen LogP contribution in [0.4, 0.5) is 0 Å². The molecule has 3 unspecified atom stereocenters. The van der Waals surface area contributed by atoms with Crippen LogP contribution in [-0.2, 0) is 9.47 Å². The van der Waals surface area contributed by atoms with Crippen molar-refractivity contribution < 1.29 is 14.6 Å². The van der Waals surface area contributed by atoms with Crippen LogP contribution < -0.4 is 0 Å². The lowest BCUT2D eigenvalue weighted by atomic mass is 9.91. The molecule has 0 amide bonds. The number of rotatable bonds is 5. The van der Waals surface area contributed by atoms with E-state index in [1.807, 2.05) is 0 Å². The molecular formula is C16H30O3. The summed E-state index contributed by atoms with van der Waals surface area (Å²) < 4.78 is 12.0. The van der Waals surface area contributed by atoms with E-state index < -0.39 is 0 Å². The van der Waals surface area contributed by atoms with Gasteiger partial charge in [-0.2, -0.15) is 0 Å². The minimum atomic E-state index is -0.327. The summed E-state index contributed by atoms with van der Waals surface area (Å²) in [6.07, 6.45) is 10.0. The maximum atomic E-state index is 10.1.